The average molecular weight is 212 g/mol. The van der Waals surface area contributed by atoms with Crippen molar-refractivity contribution >= 4 is 5.78 Å². The third-order valence-corrected chi connectivity index (χ3v) is 1.92. The molecule has 0 aliphatic carbocycles. The van der Waals surface area contributed by atoms with Crippen molar-refractivity contribution in [3.05, 3.63) is 11.7 Å². The number of aromatic nitrogens is 2. The summed E-state index contributed by atoms with van der Waals surface area (Å²) in [5.41, 5.74) is 0. The third-order valence-electron chi connectivity index (χ3n) is 1.92. The Balaban J connectivity index is 2.42. The molecule has 0 amide bonds. The van der Waals surface area contributed by atoms with Crippen LogP contribution in [0.3, 0.4) is 0 Å². The van der Waals surface area contributed by atoms with E-state index in [0.717, 1.165) is 19.3 Å². The Morgan fingerprint density at radius 2 is 2.33 bits per heavy atom. The number of carbonyl (C=O) groups excluding carboxylic acids is 1. The number of unbranched alkanes of at least 4 members (excludes halogenated alkanes) is 1. The summed E-state index contributed by atoms with van der Waals surface area (Å²) < 4.78 is 9.65. The highest BCUT2D eigenvalue weighted by Gasteiger charge is 2.10. The minimum absolute atomic E-state index is 0.0526. The van der Waals surface area contributed by atoms with Gasteiger partial charge in [-0.05, 0) is 6.42 Å². The lowest BCUT2D eigenvalue weighted by Gasteiger charge is -1.93. The van der Waals surface area contributed by atoms with Crippen molar-refractivity contribution in [3.8, 4) is 0 Å². The number of rotatable bonds is 7. The number of Topliss-reactive ketones (excluding diaryl/α,β-unsaturated/α-hetero) is 1. The van der Waals surface area contributed by atoms with Crippen LogP contribution in [0.2, 0.25) is 0 Å². The van der Waals surface area contributed by atoms with Crippen LogP contribution in [0, 0.1) is 0 Å². The molecule has 1 rings (SSSR count). The van der Waals surface area contributed by atoms with Gasteiger partial charge in [-0.15, -0.1) is 0 Å². The molecule has 0 saturated heterocycles. The van der Waals surface area contributed by atoms with Gasteiger partial charge in [0.15, 0.2) is 11.6 Å². The Hall–Kier alpha value is -1.23. The fourth-order valence-electron chi connectivity index (χ4n) is 1.18. The van der Waals surface area contributed by atoms with E-state index in [4.69, 9.17) is 9.26 Å². The normalized spacial score (nSPS) is 10.5. The molecule has 0 N–H and O–H groups in total. The van der Waals surface area contributed by atoms with Gasteiger partial charge in [-0.25, -0.2) is 0 Å². The van der Waals surface area contributed by atoms with E-state index in [2.05, 4.69) is 17.1 Å². The number of hydrogen-bond donors (Lipinski definition) is 0. The van der Waals surface area contributed by atoms with Crippen LogP contribution >= 0.6 is 0 Å². The number of aryl methyl sites for hydroxylation is 1. The van der Waals surface area contributed by atoms with Gasteiger partial charge >= 0.3 is 0 Å². The Kier molecular flexibility index (Phi) is 4.97. The van der Waals surface area contributed by atoms with Crippen LogP contribution in [0.25, 0.3) is 0 Å². The summed E-state index contributed by atoms with van der Waals surface area (Å²) in [7, 11) is 1.48. The third kappa shape index (κ3) is 4.20. The van der Waals surface area contributed by atoms with E-state index in [0.29, 0.717) is 11.7 Å². The maximum absolute atomic E-state index is 11.2. The van der Waals surface area contributed by atoms with Gasteiger partial charge in [0.05, 0.1) is 6.42 Å². The van der Waals surface area contributed by atoms with E-state index in [1.54, 1.807) is 0 Å². The Morgan fingerprint density at radius 1 is 1.53 bits per heavy atom. The topological polar surface area (TPSA) is 65.2 Å². The van der Waals surface area contributed by atoms with Crippen LogP contribution in [-0.4, -0.2) is 29.6 Å². The molecule has 0 fully saturated rings. The summed E-state index contributed by atoms with van der Waals surface area (Å²) in [6.45, 7) is 2.19. The van der Waals surface area contributed by atoms with Gasteiger partial charge < -0.3 is 9.26 Å². The van der Waals surface area contributed by atoms with Crippen molar-refractivity contribution in [3.63, 3.8) is 0 Å². The molecule has 15 heavy (non-hydrogen) atoms. The van der Waals surface area contributed by atoms with Crippen molar-refractivity contribution in [1.29, 1.82) is 0 Å². The number of carbonyl (C=O) groups is 1. The second-order valence-electron chi connectivity index (χ2n) is 3.36. The Bertz CT molecular complexity index is 309. The van der Waals surface area contributed by atoms with E-state index >= 15 is 0 Å². The van der Waals surface area contributed by atoms with Gasteiger partial charge in [0.1, 0.15) is 6.61 Å². The molecular weight excluding hydrogens is 196 g/mol. The average Bonchev–Trinajstić information content (AvgIpc) is 2.63. The largest absolute Gasteiger partial charge is 0.377 e. The zero-order valence-corrected chi connectivity index (χ0v) is 9.15. The summed E-state index contributed by atoms with van der Waals surface area (Å²) in [4.78, 5) is 15.3. The molecule has 0 bridgehead atoms. The predicted octanol–water partition coefficient (Wildman–Crippen LogP) is 1.17. The van der Waals surface area contributed by atoms with Crippen molar-refractivity contribution in [2.45, 2.75) is 32.6 Å². The number of ketones is 1. The molecule has 0 aliphatic heterocycles. The molecule has 1 heterocycles. The standard InChI is InChI=1S/C10H16N2O3/c1-3-4-5-9-11-10(15-12-9)6-8(13)7-14-2/h3-7H2,1-2H3. The van der Waals surface area contributed by atoms with Crippen molar-refractivity contribution in [2.24, 2.45) is 0 Å². The maximum Gasteiger partial charge on any atom is 0.234 e. The lowest BCUT2D eigenvalue weighted by Crippen LogP contribution is -2.09. The van der Waals surface area contributed by atoms with Crippen molar-refractivity contribution < 1.29 is 14.1 Å². The van der Waals surface area contributed by atoms with Gasteiger partial charge in [-0.1, -0.05) is 18.5 Å². The summed E-state index contributed by atoms with van der Waals surface area (Å²) in [6.07, 6.45) is 3.09. The second kappa shape index (κ2) is 6.29. The first-order chi connectivity index (χ1) is 7.26. The summed E-state index contributed by atoms with van der Waals surface area (Å²) in [5.74, 6) is 1.00. The van der Waals surface area contributed by atoms with Gasteiger partial charge in [0.2, 0.25) is 5.89 Å². The zero-order chi connectivity index (χ0) is 11.1. The second-order valence-corrected chi connectivity index (χ2v) is 3.36. The monoisotopic (exact) mass is 212 g/mol. The van der Waals surface area contributed by atoms with Gasteiger partial charge in [-0.2, -0.15) is 4.98 Å². The first-order valence-electron chi connectivity index (χ1n) is 5.08. The SMILES string of the molecule is CCCCc1noc(CC(=O)COC)n1. The van der Waals surface area contributed by atoms with Crippen LogP contribution in [0.1, 0.15) is 31.5 Å². The van der Waals surface area contributed by atoms with Crippen molar-refractivity contribution in [1.82, 2.24) is 10.1 Å². The van der Waals surface area contributed by atoms with Crippen LogP contribution in [0.5, 0.6) is 0 Å². The quantitative estimate of drug-likeness (QED) is 0.678. The first kappa shape index (κ1) is 11.8. The predicted molar refractivity (Wildman–Crippen MR) is 53.5 cm³/mol. The van der Waals surface area contributed by atoms with E-state index in [-0.39, 0.29) is 18.8 Å². The van der Waals surface area contributed by atoms with Gasteiger partial charge in [0.25, 0.3) is 0 Å². The van der Waals surface area contributed by atoms with Crippen LogP contribution in [-0.2, 0) is 22.4 Å². The molecule has 0 radical (unpaired) electrons. The Labute approximate surface area is 88.8 Å². The molecule has 0 unspecified atom stereocenters. The molecule has 0 aromatic carbocycles. The number of nitrogens with zero attached hydrogens (tertiary/aromatic N) is 2. The highest BCUT2D eigenvalue weighted by atomic mass is 16.5. The molecule has 84 valence electrons. The highest BCUT2D eigenvalue weighted by molar-refractivity contribution is 5.81. The molecular formula is C10H16N2O3. The van der Waals surface area contributed by atoms with Crippen LogP contribution < -0.4 is 0 Å². The highest BCUT2D eigenvalue weighted by Crippen LogP contribution is 2.03. The molecule has 0 saturated carbocycles. The molecule has 1 aromatic heterocycles. The summed E-state index contributed by atoms with van der Waals surface area (Å²) >= 11 is 0. The zero-order valence-electron chi connectivity index (χ0n) is 9.15. The van der Waals surface area contributed by atoms with Gasteiger partial charge in [0, 0.05) is 13.5 Å². The minimum Gasteiger partial charge on any atom is -0.377 e. The molecule has 0 atom stereocenters. The van der Waals surface area contributed by atoms with Crippen LogP contribution in [0.15, 0.2) is 4.52 Å². The number of hydrogen-bond acceptors (Lipinski definition) is 5. The van der Waals surface area contributed by atoms with Crippen molar-refractivity contribution in [2.75, 3.05) is 13.7 Å². The summed E-state index contributed by atoms with van der Waals surface area (Å²) in [5, 5.41) is 3.79. The van der Waals surface area contributed by atoms with Crippen LogP contribution in [0.4, 0.5) is 0 Å². The lowest BCUT2D eigenvalue weighted by atomic mass is 10.2. The van der Waals surface area contributed by atoms with E-state index in [9.17, 15) is 4.79 Å². The summed E-state index contributed by atoms with van der Waals surface area (Å²) in [6, 6.07) is 0. The molecule has 0 spiro atoms. The number of methoxy groups -OCH3 is 1. The molecule has 5 nitrogen and oxygen atoms in total. The fourth-order valence-corrected chi connectivity index (χ4v) is 1.18. The Morgan fingerprint density at radius 3 is 3.00 bits per heavy atom. The molecule has 5 heteroatoms. The molecule has 1 aromatic rings. The van der Waals surface area contributed by atoms with E-state index in [1.807, 2.05) is 0 Å². The first-order valence-corrected chi connectivity index (χ1v) is 5.08. The lowest BCUT2D eigenvalue weighted by molar-refractivity contribution is -0.122. The minimum atomic E-state index is -0.0526. The van der Waals surface area contributed by atoms with Gasteiger partial charge in [-0.3, -0.25) is 4.79 Å². The fraction of sp³-hybridized carbons (Fsp3) is 0.700. The molecule has 0 aliphatic rings. The van der Waals surface area contributed by atoms with E-state index < -0.39 is 0 Å². The van der Waals surface area contributed by atoms with E-state index in [1.165, 1.54) is 7.11 Å². The number of ether oxygens (including phenoxy) is 1. The maximum atomic E-state index is 11.2. The smallest absolute Gasteiger partial charge is 0.234 e.